The number of hydrogen-bond donors (Lipinski definition) is 0. The molecule has 7 nitrogen and oxygen atoms in total. The van der Waals surface area contributed by atoms with Gasteiger partial charge in [-0.25, -0.2) is 17.4 Å². The van der Waals surface area contributed by atoms with Crippen molar-refractivity contribution in [2.45, 2.75) is 25.2 Å². The van der Waals surface area contributed by atoms with Gasteiger partial charge in [-0.3, -0.25) is 4.79 Å². The standard InChI is InChI=1S/C22H23ClN4O3S/c1-14-21(23)15(2)27(24-14)18-7-5-16(6-8-18)22(28)26-12-11-17-13-19(9-10-20(17)26)31(29,30)25(3)4/h5-10,13H,11-12H2,1-4H3. The van der Waals surface area contributed by atoms with Gasteiger partial charge in [0.05, 0.1) is 27.0 Å². The normalized spacial score (nSPS) is 13.7. The van der Waals surface area contributed by atoms with Crippen molar-refractivity contribution in [1.82, 2.24) is 14.1 Å². The lowest BCUT2D eigenvalue weighted by molar-refractivity contribution is 0.0989. The van der Waals surface area contributed by atoms with Gasteiger partial charge in [0.2, 0.25) is 10.0 Å². The number of halogens is 1. The van der Waals surface area contributed by atoms with Crippen LogP contribution in [0.2, 0.25) is 5.02 Å². The fraction of sp³-hybridized carbons (Fsp3) is 0.273. The van der Waals surface area contributed by atoms with Crippen LogP contribution in [0.3, 0.4) is 0 Å². The van der Waals surface area contributed by atoms with Gasteiger partial charge in [-0.05, 0) is 68.3 Å². The molecule has 1 amide bonds. The summed E-state index contributed by atoms with van der Waals surface area (Å²) in [5, 5.41) is 5.07. The van der Waals surface area contributed by atoms with E-state index in [0.29, 0.717) is 23.6 Å². The van der Waals surface area contributed by atoms with Crippen molar-refractivity contribution in [3.8, 4) is 5.69 Å². The molecule has 3 aromatic rings. The van der Waals surface area contributed by atoms with Gasteiger partial charge in [0, 0.05) is 31.9 Å². The van der Waals surface area contributed by atoms with Crippen LogP contribution in [0.4, 0.5) is 5.69 Å². The third kappa shape index (κ3) is 3.64. The highest BCUT2D eigenvalue weighted by Gasteiger charge is 2.28. The minimum absolute atomic E-state index is 0.125. The molecular weight excluding hydrogens is 436 g/mol. The van der Waals surface area contributed by atoms with Crippen molar-refractivity contribution in [2.75, 3.05) is 25.5 Å². The average Bonchev–Trinajstić information content (AvgIpc) is 3.29. The molecule has 2 heterocycles. The van der Waals surface area contributed by atoms with Gasteiger partial charge in [-0.1, -0.05) is 11.6 Å². The maximum atomic E-state index is 13.1. The predicted octanol–water partition coefficient (Wildman–Crippen LogP) is 3.60. The molecular formula is C22H23ClN4O3S. The fourth-order valence-electron chi connectivity index (χ4n) is 3.74. The number of amides is 1. The molecule has 9 heteroatoms. The molecule has 2 aromatic carbocycles. The first-order valence-electron chi connectivity index (χ1n) is 9.80. The SMILES string of the molecule is Cc1nn(-c2ccc(C(=O)N3CCc4cc(S(=O)(=O)N(C)C)ccc43)cc2)c(C)c1Cl. The highest BCUT2D eigenvalue weighted by molar-refractivity contribution is 7.89. The maximum Gasteiger partial charge on any atom is 0.258 e. The number of aryl methyl sites for hydroxylation is 1. The van der Waals surface area contributed by atoms with Crippen molar-refractivity contribution in [3.05, 3.63) is 70.0 Å². The zero-order valence-corrected chi connectivity index (χ0v) is 19.3. The van der Waals surface area contributed by atoms with Gasteiger partial charge in [0.1, 0.15) is 0 Å². The molecule has 1 aliphatic heterocycles. The Morgan fingerprint density at radius 2 is 1.77 bits per heavy atom. The summed E-state index contributed by atoms with van der Waals surface area (Å²) in [6.07, 6.45) is 0.611. The number of nitrogens with zero attached hydrogens (tertiary/aromatic N) is 4. The molecule has 0 aliphatic carbocycles. The van der Waals surface area contributed by atoms with Crippen LogP contribution in [0.5, 0.6) is 0 Å². The van der Waals surface area contributed by atoms with E-state index < -0.39 is 10.0 Å². The predicted molar refractivity (Wildman–Crippen MR) is 121 cm³/mol. The number of carbonyl (C=O) groups excluding carboxylic acids is 1. The number of anilines is 1. The molecule has 0 spiro atoms. The maximum absolute atomic E-state index is 13.1. The Labute approximate surface area is 186 Å². The number of benzene rings is 2. The molecule has 1 aromatic heterocycles. The van der Waals surface area contributed by atoms with E-state index in [4.69, 9.17) is 11.6 Å². The molecule has 0 saturated carbocycles. The topological polar surface area (TPSA) is 75.5 Å². The van der Waals surface area contributed by atoms with Crippen LogP contribution in [0.1, 0.15) is 27.3 Å². The van der Waals surface area contributed by atoms with Crippen molar-refractivity contribution < 1.29 is 13.2 Å². The van der Waals surface area contributed by atoms with Gasteiger partial charge in [0.25, 0.3) is 5.91 Å². The van der Waals surface area contributed by atoms with Crippen LogP contribution < -0.4 is 4.90 Å². The molecule has 0 radical (unpaired) electrons. The van der Waals surface area contributed by atoms with Crippen molar-refractivity contribution in [1.29, 1.82) is 0 Å². The van der Waals surface area contributed by atoms with E-state index >= 15 is 0 Å². The van der Waals surface area contributed by atoms with Gasteiger partial charge < -0.3 is 4.90 Å². The molecule has 4 rings (SSSR count). The summed E-state index contributed by atoms with van der Waals surface area (Å²) in [7, 11) is -0.508. The van der Waals surface area contributed by atoms with E-state index in [1.807, 2.05) is 26.0 Å². The lowest BCUT2D eigenvalue weighted by Gasteiger charge is -2.18. The minimum atomic E-state index is -3.51. The molecule has 162 valence electrons. The van der Waals surface area contributed by atoms with Crippen LogP contribution in [0.25, 0.3) is 5.69 Å². The first-order chi connectivity index (χ1) is 14.6. The van der Waals surface area contributed by atoms with Gasteiger partial charge in [0.15, 0.2) is 0 Å². The lowest BCUT2D eigenvalue weighted by atomic mass is 10.1. The summed E-state index contributed by atoms with van der Waals surface area (Å²) in [5.41, 5.74) is 4.57. The van der Waals surface area contributed by atoms with Crippen molar-refractivity contribution in [3.63, 3.8) is 0 Å². The van der Waals surface area contributed by atoms with E-state index in [0.717, 1.165) is 28.3 Å². The van der Waals surface area contributed by atoms with Gasteiger partial charge in [-0.15, -0.1) is 0 Å². The largest absolute Gasteiger partial charge is 0.308 e. The molecule has 0 bridgehead atoms. The van der Waals surface area contributed by atoms with Crippen LogP contribution in [0, 0.1) is 13.8 Å². The highest BCUT2D eigenvalue weighted by Crippen LogP contribution is 2.32. The number of carbonyl (C=O) groups is 1. The Balaban J connectivity index is 1.60. The number of hydrogen-bond acceptors (Lipinski definition) is 4. The highest BCUT2D eigenvalue weighted by atomic mass is 35.5. The van der Waals surface area contributed by atoms with Crippen molar-refractivity contribution >= 4 is 33.2 Å². The number of sulfonamides is 1. The van der Waals surface area contributed by atoms with E-state index in [1.165, 1.54) is 18.4 Å². The Bertz CT molecular complexity index is 1280. The Morgan fingerprint density at radius 3 is 2.35 bits per heavy atom. The summed E-state index contributed by atoms with van der Waals surface area (Å²) < 4.78 is 27.7. The zero-order chi connectivity index (χ0) is 22.5. The number of fused-ring (bicyclic) bond motifs is 1. The van der Waals surface area contributed by atoms with Crippen LogP contribution >= 0.6 is 11.6 Å². The molecule has 31 heavy (non-hydrogen) atoms. The minimum Gasteiger partial charge on any atom is -0.308 e. The Morgan fingerprint density at radius 1 is 1.10 bits per heavy atom. The van der Waals surface area contributed by atoms with Gasteiger partial charge >= 0.3 is 0 Å². The Kier molecular flexibility index (Phi) is 5.41. The van der Waals surface area contributed by atoms with Crippen LogP contribution in [-0.4, -0.2) is 49.1 Å². The fourth-order valence-corrected chi connectivity index (χ4v) is 4.81. The summed E-state index contributed by atoms with van der Waals surface area (Å²) in [5.74, 6) is -0.125. The Hall–Kier alpha value is -2.68. The molecule has 0 atom stereocenters. The second-order valence-corrected chi connectivity index (χ2v) is 10.3. The smallest absolute Gasteiger partial charge is 0.258 e. The molecule has 0 fully saturated rings. The third-order valence-corrected chi connectivity index (χ3v) is 7.89. The first-order valence-corrected chi connectivity index (χ1v) is 11.6. The van der Waals surface area contributed by atoms with E-state index in [9.17, 15) is 13.2 Å². The molecule has 1 aliphatic rings. The van der Waals surface area contributed by atoms with E-state index in [2.05, 4.69) is 5.10 Å². The lowest BCUT2D eigenvalue weighted by Crippen LogP contribution is -2.28. The summed E-state index contributed by atoms with van der Waals surface area (Å²) in [6.45, 7) is 4.26. The van der Waals surface area contributed by atoms with Crippen LogP contribution in [0.15, 0.2) is 47.4 Å². The summed E-state index contributed by atoms with van der Waals surface area (Å²) in [6, 6.07) is 12.1. The third-order valence-electron chi connectivity index (χ3n) is 5.53. The summed E-state index contributed by atoms with van der Waals surface area (Å²) >= 11 is 6.24. The zero-order valence-electron chi connectivity index (χ0n) is 17.8. The monoisotopic (exact) mass is 458 g/mol. The number of aromatic nitrogens is 2. The molecule has 0 saturated heterocycles. The first kappa shape index (κ1) is 21.5. The van der Waals surface area contributed by atoms with E-state index in [1.54, 1.807) is 39.9 Å². The molecule has 0 unspecified atom stereocenters. The molecule has 0 N–H and O–H groups in total. The second kappa shape index (κ2) is 7.78. The average molecular weight is 459 g/mol. The van der Waals surface area contributed by atoms with E-state index in [-0.39, 0.29) is 10.8 Å². The van der Waals surface area contributed by atoms with Crippen LogP contribution in [-0.2, 0) is 16.4 Å². The quantitative estimate of drug-likeness (QED) is 0.598. The second-order valence-electron chi connectivity index (χ2n) is 7.73. The number of rotatable bonds is 4. The summed E-state index contributed by atoms with van der Waals surface area (Å²) in [4.78, 5) is 15.1. The van der Waals surface area contributed by atoms with Gasteiger partial charge in [-0.2, -0.15) is 5.10 Å². The van der Waals surface area contributed by atoms with Crippen molar-refractivity contribution in [2.24, 2.45) is 0 Å².